The maximum Gasteiger partial charge on any atom is 0.215 e. The van der Waals surface area contributed by atoms with Crippen LogP contribution in [0.15, 0.2) is 30.3 Å². The highest BCUT2D eigenvalue weighted by Crippen LogP contribution is 2.25. The summed E-state index contributed by atoms with van der Waals surface area (Å²) in [6, 6.07) is 8.84. The number of rotatable bonds is 2. The van der Waals surface area contributed by atoms with Crippen LogP contribution in [-0.2, 0) is 0 Å². The van der Waals surface area contributed by atoms with Crippen LogP contribution in [0.3, 0.4) is 0 Å². The van der Waals surface area contributed by atoms with E-state index >= 15 is 0 Å². The summed E-state index contributed by atoms with van der Waals surface area (Å²) in [6.45, 7) is 0. The van der Waals surface area contributed by atoms with Crippen LogP contribution < -0.4 is 4.74 Å². The zero-order chi connectivity index (χ0) is 14.3. The Bertz CT molecular complexity index is 836. The van der Waals surface area contributed by atoms with E-state index in [1.54, 1.807) is 35.9 Å². The molecule has 2 heterocycles. The van der Waals surface area contributed by atoms with Gasteiger partial charge in [0.05, 0.1) is 18.3 Å². The molecule has 4 nitrogen and oxygen atoms in total. The van der Waals surface area contributed by atoms with Crippen LogP contribution in [0, 0.1) is 4.77 Å². The first-order chi connectivity index (χ1) is 9.58. The van der Waals surface area contributed by atoms with Crippen LogP contribution in [0.2, 0.25) is 10.0 Å². The highest BCUT2D eigenvalue weighted by molar-refractivity contribution is 7.71. The number of H-pyrrole nitrogens is 1. The predicted molar refractivity (Wildman–Crippen MR) is 82.8 cm³/mol. The molecule has 0 saturated carbocycles. The lowest BCUT2D eigenvalue weighted by molar-refractivity contribution is 0.399. The minimum Gasteiger partial charge on any atom is -0.481 e. The number of pyridine rings is 1. The molecule has 3 aromatic rings. The molecule has 2 aromatic heterocycles. The van der Waals surface area contributed by atoms with Gasteiger partial charge in [-0.3, -0.25) is 4.57 Å². The van der Waals surface area contributed by atoms with E-state index < -0.39 is 0 Å². The second-order valence-electron chi connectivity index (χ2n) is 4.12. The fraction of sp³-hybridized carbons (Fsp3) is 0.0769. The molecule has 0 aliphatic rings. The van der Waals surface area contributed by atoms with Crippen LogP contribution in [0.1, 0.15) is 0 Å². The van der Waals surface area contributed by atoms with Gasteiger partial charge >= 0.3 is 0 Å². The van der Waals surface area contributed by atoms with Crippen molar-refractivity contribution in [2.75, 3.05) is 7.11 Å². The Balaban J connectivity index is 2.34. The van der Waals surface area contributed by atoms with Gasteiger partial charge in [0.15, 0.2) is 10.4 Å². The lowest BCUT2D eigenvalue weighted by Crippen LogP contribution is -1.97. The van der Waals surface area contributed by atoms with Gasteiger partial charge in [0, 0.05) is 16.1 Å². The molecule has 0 saturated heterocycles. The molecule has 20 heavy (non-hydrogen) atoms. The molecule has 102 valence electrons. The molecular weight excluding hydrogens is 317 g/mol. The van der Waals surface area contributed by atoms with E-state index in [4.69, 9.17) is 40.2 Å². The number of aromatic amines is 1. The average molecular weight is 326 g/mol. The van der Waals surface area contributed by atoms with E-state index in [9.17, 15) is 0 Å². The van der Waals surface area contributed by atoms with Crippen molar-refractivity contribution >= 4 is 46.6 Å². The third-order valence-electron chi connectivity index (χ3n) is 2.82. The number of fused-ring (bicyclic) bond motifs is 1. The SMILES string of the molecule is COc1ccc2[nH]c(=S)n(-c3cc(Cl)cc(Cl)c3)c2n1. The highest BCUT2D eigenvalue weighted by atomic mass is 35.5. The molecule has 0 unspecified atom stereocenters. The number of methoxy groups -OCH3 is 1. The summed E-state index contributed by atoms with van der Waals surface area (Å²) in [7, 11) is 1.57. The number of aromatic nitrogens is 3. The number of ether oxygens (including phenoxy) is 1. The number of hydrogen-bond acceptors (Lipinski definition) is 3. The molecule has 0 amide bonds. The summed E-state index contributed by atoms with van der Waals surface area (Å²) in [5.74, 6) is 0.508. The molecule has 0 aliphatic heterocycles. The monoisotopic (exact) mass is 325 g/mol. The van der Waals surface area contributed by atoms with Crippen LogP contribution >= 0.6 is 35.4 Å². The van der Waals surface area contributed by atoms with E-state index in [2.05, 4.69) is 9.97 Å². The van der Waals surface area contributed by atoms with E-state index in [-0.39, 0.29) is 0 Å². The molecule has 1 aromatic carbocycles. The fourth-order valence-electron chi connectivity index (χ4n) is 1.99. The maximum atomic E-state index is 6.04. The Kier molecular flexibility index (Phi) is 3.41. The number of halogens is 2. The van der Waals surface area contributed by atoms with E-state index in [1.807, 2.05) is 6.07 Å². The largest absolute Gasteiger partial charge is 0.481 e. The lowest BCUT2D eigenvalue weighted by atomic mass is 10.3. The van der Waals surface area contributed by atoms with Gasteiger partial charge in [-0.15, -0.1) is 0 Å². The smallest absolute Gasteiger partial charge is 0.215 e. The summed E-state index contributed by atoms with van der Waals surface area (Å²) < 4.78 is 7.43. The summed E-state index contributed by atoms with van der Waals surface area (Å²) in [4.78, 5) is 7.50. The molecule has 0 atom stereocenters. The Morgan fingerprint density at radius 2 is 1.90 bits per heavy atom. The predicted octanol–water partition coefficient (Wildman–Crippen LogP) is 4.40. The van der Waals surface area contributed by atoms with E-state index in [1.165, 1.54) is 0 Å². The summed E-state index contributed by atoms with van der Waals surface area (Å²) in [6.07, 6.45) is 0. The highest BCUT2D eigenvalue weighted by Gasteiger charge is 2.10. The Labute approximate surface area is 129 Å². The zero-order valence-corrected chi connectivity index (χ0v) is 12.7. The molecule has 0 aliphatic carbocycles. The third kappa shape index (κ3) is 2.28. The quantitative estimate of drug-likeness (QED) is 0.710. The first-order valence-corrected chi connectivity index (χ1v) is 6.87. The van der Waals surface area contributed by atoms with Crippen molar-refractivity contribution < 1.29 is 4.74 Å². The Morgan fingerprint density at radius 3 is 2.55 bits per heavy atom. The van der Waals surface area contributed by atoms with Crippen molar-refractivity contribution in [2.45, 2.75) is 0 Å². The molecule has 0 bridgehead atoms. The molecular formula is C13H9Cl2N3OS. The lowest BCUT2D eigenvalue weighted by Gasteiger charge is -2.06. The zero-order valence-electron chi connectivity index (χ0n) is 10.4. The number of imidazole rings is 1. The topological polar surface area (TPSA) is 42.8 Å². The van der Waals surface area contributed by atoms with Crippen molar-refractivity contribution in [3.63, 3.8) is 0 Å². The van der Waals surface area contributed by atoms with Crippen LogP contribution in [0.25, 0.3) is 16.9 Å². The summed E-state index contributed by atoms with van der Waals surface area (Å²) in [5, 5.41) is 1.07. The number of nitrogens with zero attached hydrogens (tertiary/aromatic N) is 2. The average Bonchev–Trinajstić information content (AvgIpc) is 2.72. The van der Waals surface area contributed by atoms with E-state index in [0.29, 0.717) is 26.3 Å². The van der Waals surface area contributed by atoms with Gasteiger partial charge in [-0.25, -0.2) is 0 Å². The Hall–Kier alpha value is -1.56. The van der Waals surface area contributed by atoms with Crippen LogP contribution in [0.5, 0.6) is 5.88 Å². The minimum absolute atomic E-state index is 0.508. The maximum absolute atomic E-state index is 6.04. The second kappa shape index (κ2) is 5.09. The first-order valence-electron chi connectivity index (χ1n) is 5.71. The van der Waals surface area contributed by atoms with Crippen molar-refractivity contribution in [3.05, 3.63) is 45.1 Å². The summed E-state index contributed by atoms with van der Waals surface area (Å²) >= 11 is 17.4. The van der Waals surface area contributed by atoms with Gasteiger partial charge < -0.3 is 9.72 Å². The van der Waals surface area contributed by atoms with E-state index in [0.717, 1.165) is 11.2 Å². The third-order valence-corrected chi connectivity index (χ3v) is 3.54. The van der Waals surface area contributed by atoms with Gasteiger partial charge in [0.1, 0.15) is 0 Å². The van der Waals surface area contributed by atoms with Gasteiger partial charge in [-0.1, -0.05) is 23.2 Å². The molecule has 7 heteroatoms. The molecule has 3 rings (SSSR count). The van der Waals surface area contributed by atoms with Gasteiger partial charge in [0.2, 0.25) is 5.88 Å². The van der Waals surface area contributed by atoms with Gasteiger partial charge in [0.25, 0.3) is 0 Å². The standard InChI is InChI=1S/C13H9Cl2N3OS/c1-19-11-3-2-10-12(17-11)18(13(20)16-10)9-5-7(14)4-8(15)6-9/h2-6H,1H3,(H,16,20). The number of benzene rings is 1. The molecule has 1 N–H and O–H groups in total. The fourth-order valence-corrected chi connectivity index (χ4v) is 2.80. The first kappa shape index (κ1) is 13.4. The second-order valence-corrected chi connectivity index (χ2v) is 5.38. The van der Waals surface area contributed by atoms with Crippen LogP contribution in [0.4, 0.5) is 0 Å². The van der Waals surface area contributed by atoms with Crippen LogP contribution in [-0.4, -0.2) is 21.6 Å². The van der Waals surface area contributed by atoms with Crippen molar-refractivity contribution in [1.29, 1.82) is 0 Å². The van der Waals surface area contributed by atoms with Crippen molar-refractivity contribution in [1.82, 2.24) is 14.5 Å². The van der Waals surface area contributed by atoms with Crippen molar-refractivity contribution in [2.24, 2.45) is 0 Å². The molecule has 0 radical (unpaired) electrons. The number of hydrogen-bond donors (Lipinski definition) is 1. The molecule has 0 fully saturated rings. The van der Waals surface area contributed by atoms with Gasteiger partial charge in [-0.05, 0) is 36.5 Å². The molecule has 0 spiro atoms. The van der Waals surface area contributed by atoms with Gasteiger partial charge in [-0.2, -0.15) is 4.98 Å². The minimum atomic E-state index is 0.508. The number of nitrogens with one attached hydrogen (secondary N) is 1. The normalized spacial score (nSPS) is 10.9. The van der Waals surface area contributed by atoms with Crippen molar-refractivity contribution in [3.8, 4) is 11.6 Å². The summed E-state index contributed by atoms with van der Waals surface area (Å²) in [5.41, 5.74) is 2.22. The Morgan fingerprint density at radius 1 is 1.20 bits per heavy atom.